The normalized spacial score (nSPS) is 20.7. The highest BCUT2D eigenvalue weighted by Gasteiger charge is 2.36. The molecule has 0 saturated carbocycles. The minimum Gasteiger partial charge on any atom is -0.322 e. The first-order valence-corrected chi connectivity index (χ1v) is 4.74. The molecule has 1 heterocycles. The number of aryl methyl sites for hydroxylation is 1. The fourth-order valence-electron chi connectivity index (χ4n) is 1.56. The summed E-state index contributed by atoms with van der Waals surface area (Å²) in [5, 5.41) is 2.63. The Bertz CT molecular complexity index is 411. The van der Waals surface area contributed by atoms with E-state index in [-0.39, 0.29) is 11.9 Å². The second-order valence-corrected chi connectivity index (χ2v) is 3.69. The van der Waals surface area contributed by atoms with Crippen LogP contribution >= 0.6 is 0 Å². The maximum absolute atomic E-state index is 11.6. The molecule has 1 aliphatic heterocycles. The van der Waals surface area contributed by atoms with Crippen LogP contribution in [0.25, 0.3) is 0 Å². The van der Waals surface area contributed by atoms with E-state index in [2.05, 4.69) is 5.32 Å². The Balaban J connectivity index is 2.29. The number of amides is 3. The molecule has 1 saturated heterocycles. The number of carbonyl (C=O) groups is 2. The van der Waals surface area contributed by atoms with Crippen LogP contribution in [0.15, 0.2) is 24.3 Å². The third-order valence-corrected chi connectivity index (χ3v) is 2.56. The van der Waals surface area contributed by atoms with Gasteiger partial charge >= 0.3 is 6.03 Å². The summed E-state index contributed by atoms with van der Waals surface area (Å²) in [5.74, 6) is -0.205. The molecular formula is C11H12N2O2. The summed E-state index contributed by atoms with van der Waals surface area (Å²) >= 11 is 0. The largest absolute Gasteiger partial charge is 0.324 e. The van der Waals surface area contributed by atoms with Crippen LogP contribution in [0.1, 0.15) is 17.2 Å². The molecule has 15 heavy (non-hydrogen) atoms. The summed E-state index contributed by atoms with van der Waals surface area (Å²) in [5.41, 5.74) is 1.95. The van der Waals surface area contributed by atoms with Crippen molar-refractivity contribution in [3.8, 4) is 0 Å². The molecule has 0 aromatic heterocycles. The van der Waals surface area contributed by atoms with Crippen LogP contribution in [-0.4, -0.2) is 23.9 Å². The van der Waals surface area contributed by atoms with E-state index in [1.54, 1.807) is 0 Å². The van der Waals surface area contributed by atoms with Crippen molar-refractivity contribution in [1.29, 1.82) is 0 Å². The summed E-state index contributed by atoms with van der Waals surface area (Å²) in [6.45, 7) is 1.98. The van der Waals surface area contributed by atoms with E-state index in [4.69, 9.17) is 0 Å². The molecule has 4 heteroatoms. The highest BCUT2D eigenvalue weighted by molar-refractivity contribution is 6.04. The van der Waals surface area contributed by atoms with Crippen molar-refractivity contribution in [3.05, 3.63) is 35.4 Å². The minimum atomic E-state index is -0.525. The highest BCUT2D eigenvalue weighted by Crippen LogP contribution is 2.20. The molecule has 1 atom stereocenters. The van der Waals surface area contributed by atoms with Crippen LogP contribution in [0.5, 0.6) is 0 Å². The van der Waals surface area contributed by atoms with E-state index in [1.807, 2.05) is 31.2 Å². The Hall–Kier alpha value is -1.84. The standard InChI is InChI=1S/C11H12N2O2/c1-7-3-5-8(6-4-7)9-10(14)13(2)11(15)12-9/h3-6,9H,1-2H3,(H,12,15). The number of nitrogens with zero attached hydrogens (tertiary/aromatic N) is 1. The van der Waals surface area contributed by atoms with Gasteiger partial charge in [0.1, 0.15) is 6.04 Å². The highest BCUT2D eigenvalue weighted by atomic mass is 16.2. The van der Waals surface area contributed by atoms with Crippen LogP contribution in [0.3, 0.4) is 0 Å². The molecule has 78 valence electrons. The Labute approximate surface area is 87.9 Å². The lowest BCUT2D eigenvalue weighted by atomic mass is 10.1. The molecular weight excluding hydrogens is 192 g/mol. The Morgan fingerprint density at radius 1 is 1.20 bits per heavy atom. The molecule has 2 rings (SSSR count). The maximum Gasteiger partial charge on any atom is 0.324 e. The first-order valence-electron chi connectivity index (χ1n) is 4.74. The molecule has 4 nitrogen and oxygen atoms in total. The van der Waals surface area contributed by atoms with E-state index in [9.17, 15) is 9.59 Å². The van der Waals surface area contributed by atoms with Crippen molar-refractivity contribution in [1.82, 2.24) is 10.2 Å². The molecule has 0 radical (unpaired) electrons. The van der Waals surface area contributed by atoms with Crippen LogP contribution in [-0.2, 0) is 4.79 Å². The van der Waals surface area contributed by atoms with E-state index in [0.29, 0.717) is 0 Å². The maximum atomic E-state index is 11.6. The first-order chi connectivity index (χ1) is 7.09. The second kappa shape index (κ2) is 3.38. The molecule has 1 N–H and O–H groups in total. The summed E-state index contributed by atoms with van der Waals surface area (Å²) in [6, 6.07) is 6.70. The SMILES string of the molecule is Cc1ccc(C2NC(=O)N(C)C2=O)cc1. The predicted octanol–water partition coefficient (Wildman–Crippen LogP) is 1.22. The Morgan fingerprint density at radius 3 is 2.27 bits per heavy atom. The van der Waals surface area contributed by atoms with Crippen molar-refractivity contribution in [2.75, 3.05) is 7.05 Å². The van der Waals surface area contributed by atoms with Crippen LogP contribution in [0, 0.1) is 6.92 Å². The van der Waals surface area contributed by atoms with E-state index in [0.717, 1.165) is 16.0 Å². The van der Waals surface area contributed by atoms with E-state index < -0.39 is 6.04 Å². The van der Waals surface area contributed by atoms with Crippen molar-refractivity contribution in [2.24, 2.45) is 0 Å². The molecule has 0 bridgehead atoms. The zero-order chi connectivity index (χ0) is 11.0. The van der Waals surface area contributed by atoms with Gasteiger partial charge in [0.05, 0.1) is 0 Å². The van der Waals surface area contributed by atoms with E-state index in [1.165, 1.54) is 7.05 Å². The topological polar surface area (TPSA) is 49.4 Å². The van der Waals surface area contributed by atoms with Gasteiger partial charge in [0.15, 0.2) is 0 Å². The van der Waals surface area contributed by atoms with Gasteiger partial charge in [0.2, 0.25) is 0 Å². The Morgan fingerprint density at radius 2 is 1.80 bits per heavy atom. The van der Waals surface area contributed by atoms with Crippen LogP contribution in [0.4, 0.5) is 4.79 Å². The molecule has 3 amide bonds. The summed E-state index contributed by atoms with van der Waals surface area (Å²) in [4.78, 5) is 24.0. The number of hydrogen-bond donors (Lipinski definition) is 1. The molecule has 1 aromatic carbocycles. The lowest BCUT2D eigenvalue weighted by Crippen LogP contribution is -2.25. The van der Waals surface area contributed by atoms with Gasteiger partial charge in [0.25, 0.3) is 5.91 Å². The zero-order valence-corrected chi connectivity index (χ0v) is 8.65. The van der Waals surface area contributed by atoms with Gasteiger partial charge in [-0.1, -0.05) is 29.8 Å². The smallest absolute Gasteiger partial charge is 0.322 e. The van der Waals surface area contributed by atoms with Crippen molar-refractivity contribution < 1.29 is 9.59 Å². The summed E-state index contributed by atoms with van der Waals surface area (Å²) < 4.78 is 0. The van der Waals surface area contributed by atoms with Crippen molar-refractivity contribution in [3.63, 3.8) is 0 Å². The molecule has 1 unspecified atom stereocenters. The van der Waals surface area contributed by atoms with Crippen molar-refractivity contribution in [2.45, 2.75) is 13.0 Å². The molecule has 1 aliphatic rings. The van der Waals surface area contributed by atoms with Crippen molar-refractivity contribution >= 4 is 11.9 Å². The van der Waals surface area contributed by atoms with Crippen LogP contribution < -0.4 is 5.32 Å². The molecule has 0 aliphatic carbocycles. The molecule has 1 fully saturated rings. The number of imide groups is 1. The molecule has 1 aromatic rings. The molecule has 0 spiro atoms. The first kappa shape index (κ1) is 9.71. The number of hydrogen-bond acceptors (Lipinski definition) is 2. The number of carbonyl (C=O) groups excluding carboxylic acids is 2. The monoisotopic (exact) mass is 204 g/mol. The summed E-state index contributed by atoms with van der Waals surface area (Å²) in [6.07, 6.45) is 0. The van der Waals surface area contributed by atoms with Gasteiger partial charge in [-0.25, -0.2) is 4.79 Å². The second-order valence-electron chi connectivity index (χ2n) is 3.69. The quantitative estimate of drug-likeness (QED) is 0.699. The number of likely N-dealkylation sites (N-methyl/N-ethyl adjacent to an activating group) is 1. The van der Waals surface area contributed by atoms with E-state index >= 15 is 0 Å². The number of nitrogens with one attached hydrogen (secondary N) is 1. The lowest BCUT2D eigenvalue weighted by molar-refractivity contribution is -0.126. The van der Waals surface area contributed by atoms with Gasteiger partial charge in [-0.05, 0) is 12.5 Å². The third-order valence-electron chi connectivity index (χ3n) is 2.56. The number of rotatable bonds is 1. The van der Waals surface area contributed by atoms with Gasteiger partial charge in [-0.2, -0.15) is 0 Å². The summed E-state index contributed by atoms with van der Waals surface area (Å²) in [7, 11) is 1.48. The predicted molar refractivity (Wildman–Crippen MR) is 55.2 cm³/mol. The zero-order valence-electron chi connectivity index (χ0n) is 8.65. The average molecular weight is 204 g/mol. The van der Waals surface area contributed by atoms with Gasteiger partial charge in [-0.15, -0.1) is 0 Å². The van der Waals surface area contributed by atoms with Gasteiger partial charge < -0.3 is 5.32 Å². The number of benzene rings is 1. The fourth-order valence-corrected chi connectivity index (χ4v) is 1.56. The minimum absolute atomic E-state index is 0.205. The average Bonchev–Trinajstić information content (AvgIpc) is 2.47. The third kappa shape index (κ3) is 1.58. The number of urea groups is 1. The van der Waals surface area contributed by atoms with Gasteiger partial charge in [-0.3, -0.25) is 9.69 Å². The van der Waals surface area contributed by atoms with Crippen LogP contribution in [0.2, 0.25) is 0 Å². The van der Waals surface area contributed by atoms with Gasteiger partial charge in [0, 0.05) is 7.05 Å². The Kier molecular flexibility index (Phi) is 2.19. The lowest BCUT2D eigenvalue weighted by Gasteiger charge is -2.08. The fraction of sp³-hybridized carbons (Fsp3) is 0.273.